The number of nitrogens with one attached hydrogen (secondary N) is 1. The van der Waals surface area contributed by atoms with Gasteiger partial charge in [0.15, 0.2) is 0 Å². The lowest BCUT2D eigenvalue weighted by Crippen LogP contribution is -2.41. The molecule has 7 heteroatoms. The Morgan fingerprint density at radius 3 is 1.92 bits per heavy atom. The molecule has 1 amide bonds. The average Bonchev–Trinajstić information content (AvgIpc) is 2.49. The number of hydrogen-bond donors (Lipinski definition) is 1. The first-order chi connectivity index (χ1) is 11.9. The summed E-state index contributed by atoms with van der Waals surface area (Å²) in [7, 11) is 0.284. The van der Waals surface area contributed by atoms with Crippen LogP contribution in [0.2, 0.25) is 0 Å². The standard InChI is InChI=1S/C19H33N3O3S/c1-14(2)16-9-8-10-17(15(3)4)19(16)20-18(23)13-22(26(7,24)25)12-11-21(5)6/h8-10,14-15H,11-13H2,1-7H3,(H,20,23). The van der Waals surface area contributed by atoms with Crippen LogP contribution in [0, 0.1) is 0 Å². The third kappa shape index (κ3) is 6.70. The SMILES string of the molecule is CC(C)c1cccc(C(C)C)c1NC(=O)CN(CCN(C)C)S(C)(=O)=O. The van der Waals surface area contributed by atoms with E-state index in [9.17, 15) is 13.2 Å². The summed E-state index contributed by atoms with van der Waals surface area (Å²) in [5, 5.41) is 2.97. The Kier molecular flexibility index (Phi) is 8.24. The lowest BCUT2D eigenvalue weighted by Gasteiger charge is -2.23. The molecule has 0 aromatic heterocycles. The van der Waals surface area contributed by atoms with Crippen LogP contribution in [0.15, 0.2) is 18.2 Å². The molecule has 0 heterocycles. The van der Waals surface area contributed by atoms with Gasteiger partial charge in [-0.25, -0.2) is 8.42 Å². The van der Waals surface area contributed by atoms with E-state index in [1.165, 1.54) is 4.31 Å². The molecular formula is C19H33N3O3S. The van der Waals surface area contributed by atoms with Crippen molar-refractivity contribution in [3.05, 3.63) is 29.3 Å². The molecule has 0 saturated heterocycles. The van der Waals surface area contributed by atoms with Crippen LogP contribution in [0.25, 0.3) is 0 Å². The summed E-state index contributed by atoms with van der Waals surface area (Å²) in [4.78, 5) is 14.5. The normalized spacial score (nSPS) is 12.4. The summed E-state index contributed by atoms with van der Waals surface area (Å²) in [6.45, 7) is 8.97. The van der Waals surface area contributed by atoms with Crippen molar-refractivity contribution in [3.8, 4) is 0 Å². The van der Waals surface area contributed by atoms with Crippen molar-refractivity contribution in [2.24, 2.45) is 0 Å². The molecule has 1 rings (SSSR count). The van der Waals surface area contributed by atoms with Crippen molar-refractivity contribution in [1.82, 2.24) is 9.21 Å². The molecule has 148 valence electrons. The van der Waals surface area contributed by atoms with Gasteiger partial charge in [0.25, 0.3) is 0 Å². The Morgan fingerprint density at radius 2 is 1.54 bits per heavy atom. The maximum absolute atomic E-state index is 12.6. The number of carbonyl (C=O) groups excluding carboxylic acids is 1. The van der Waals surface area contributed by atoms with Gasteiger partial charge in [0.2, 0.25) is 15.9 Å². The summed E-state index contributed by atoms with van der Waals surface area (Å²) in [5.74, 6) is 0.191. The summed E-state index contributed by atoms with van der Waals surface area (Å²) < 4.78 is 25.2. The molecule has 0 fully saturated rings. The van der Waals surface area contributed by atoms with Crippen LogP contribution in [-0.2, 0) is 14.8 Å². The van der Waals surface area contributed by atoms with Gasteiger partial charge in [0, 0.05) is 18.8 Å². The smallest absolute Gasteiger partial charge is 0.239 e. The minimum atomic E-state index is -3.46. The number of anilines is 1. The van der Waals surface area contributed by atoms with Gasteiger partial charge in [-0.05, 0) is 37.1 Å². The summed E-state index contributed by atoms with van der Waals surface area (Å²) in [6, 6.07) is 6.01. The van der Waals surface area contributed by atoms with E-state index < -0.39 is 10.0 Å². The number of carbonyl (C=O) groups is 1. The first-order valence-corrected chi connectivity index (χ1v) is 10.8. The Balaban J connectivity index is 3.05. The molecule has 1 aromatic carbocycles. The summed E-state index contributed by atoms with van der Waals surface area (Å²) >= 11 is 0. The highest BCUT2D eigenvalue weighted by atomic mass is 32.2. The molecule has 0 atom stereocenters. The quantitative estimate of drug-likeness (QED) is 0.712. The molecule has 0 saturated carbocycles. The number of likely N-dealkylation sites (N-methyl/N-ethyl adjacent to an activating group) is 1. The number of amides is 1. The second-order valence-corrected chi connectivity index (χ2v) is 9.55. The van der Waals surface area contributed by atoms with Crippen molar-refractivity contribution in [2.75, 3.05) is 45.3 Å². The highest BCUT2D eigenvalue weighted by Gasteiger charge is 2.22. The van der Waals surface area contributed by atoms with E-state index in [0.717, 1.165) is 23.1 Å². The van der Waals surface area contributed by atoms with Gasteiger partial charge in [-0.3, -0.25) is 4.79 Å². The number of sulfonamides is 1. The first kappa shape index (κ1) is 22.6. The number of benzene rings is 1. The molecule has 0 aliphatic rings. The fourth-order valence-electron chi connectivity index (χ4n) is 2.71. The highest BCUT2D eigenvalue weighted by molar-refractivity contribution is 7.88. The van der Waals surface area contributed by atoms with E-state index in [1.807, 2.05) is 37.2 Å². The molecule has 0 aliphatic carbocycles. The van der Waals surface area contributed by atoms with Crippen LogP contribution in [-0.4, -0.2) is 63.5 Å². The van der Waals surface area contributed by atoms with Crippen LogP contribution in [0.5, 0.6) is 0 Å². The maximum atomic E-state index is 12.6. The molecule has 26 heavy (non-hydrogen) atoms. The maximum Gasteiger partial charge on any atom is 0.239 e. The lowest BCUT2D eigenvalue weighted by molar-refractivity contribution is -0.116. The Labute approximate surface area is 158 Å². The molecule has 0 radical (unpaired) electrons. The van der Waals surface area contributed by atoms with Crippen LogP contribution >= 0.6 is 0 Å². The van der Waals surface area contributed by atoms with Gasteiger partial charge in [0.1, 0.15) is 0 Å². The molecule has 1 N–H and O–H groups in total. The van der Waals surface area contributed by atoms with Gasteiger partial charge in [-0.2, -0.15) is 4.31 Å². The Hall–Kier alpha value is -1.44. The minimum Gasteiger partial charge on any atom is -0.324 e. The largest absolute Gasteiger partial charge is 0.324 e. The van der Waals surface area contributed by atoms with Gasteiger partial charge in [0.05, 0.1) is 12.8 Å². The molecular weight excluding hydrogens is 350 g/mol. The van der Waals surface area contributed by atoms with E-state index in [-0.39, 0.29) is 30.8 Å². The van der Waals surface area contributed by atoms with E-state index >= 15 is 0 Å². The average molecular weight is 384 g/mol. The Morgan fingerprint density at radius 1 is 1.04 bits per heavy atom. The molecule has 1 aromatic rings. The van der Waals surface area contributed by atoms with Gasteiger partial charge in [-0.1, -0.05) is 45.9 Å². The van der Waals surface area contributed by atoms with Crippen LogP contribution in [0.1, 0.15) is 50.7 Å². The molecule has 0 spiro atoms. The third-order valence-electron chi connectivity index (χ3n) is 4.22. The predicted octanol–water partition coefficient (Wildman–Crippen LogP) is 2.70. The van der Waals surface area contributed by atoms with E-state index in [1.54, 1.807) is 0 Å². The van der Waals surface area contributed by atoms with Gasteiger partial charge < -0.3 is 10.2 Å². The minimum absolute atomic E-state index is 0.184. The van der Waals surface area contributed by atoms with E-state index in [4.69, 9.17) is 0 Å². The van der Waals surface area contributed by atoms with Gasteiger partial charge >= 0.3 is 0 Å². The summed E-state index contributed by atoms with van der Waals surface area (Å²) in [6.07, 6.45) is 1.14. The van der Waals surface area contributed by atoms with E-state index in [0.29, 0.717) is 6.54 Å². The lowest BCUT2D eigenvalue weighted by atomic mass is 9.92. The fourth-order valence-corrected chi connectivity index (χ4v) is 3.47. The number of para-hydroxylation sites is 1. The van der Waals surface area contributed by atoms with Crippen molar-refractivity contribution in [3.63, 3.8) is 0 Å². The Bertz CT molecular complexity index is 686. The van der Waals surface area contributed by atoms with Gasteiger partial charge in [-0.15, -0.1) is 0 Å². The van der Waals surface area contributed by atoms with Crippen LogP contribution in [0.4, 0.5) is 5.69 Å². The molecule has 6 nitrogen and oxygen atoms in total. The summed E-state index contributed by atoms with van der Waals surface area (Å²) in [5.41, 5.74) is 2.93. The van der Waals surface area contributed by atoms with Crippen LogP contribution in [0.3, 0.4) is 0 Å². The zero-order chi connectivity index (χ0) is 20.1. The number of nitrogens with zero attached hydrogens (tertiary/aromatic N) is 2. The van der Waals surface area contributed by atoms with Crippen molar-refractivity contribution >= 4 is 21.6 Å². The first-order valence-electron chi connectivity index (χ1n) is 8.96. The van der Waals surface area contributed by atoms with Crippen molar-refractivity contribution in [2.45, 2.75) is 39.5 Å². The fraction of sp³-hybridized carbons (Fsp3) is 0.632. The molecule has 0 bridgehead atoms. The highest BCUT2D eigenvalue weighted by Crippen LogP contribution is 2.32. The number of hydrogen-bond acceptors (Lipinski definition) is 4. The third-order valence-corrected chi connectivity index (χ3v) is 5.47. The monoisotopic (exact) mass is 383 g/mol. The topological polar surface area (TPSA) is 69.7 Å². The van der Waals surface area contributed by atoms with Crippen LogP contribution < -0.4 is 5.32 Å². The molecule has 0 unspecified atom stereocenters. The molecule has 0 aliphatic heterocycles. The second-order valence-electron chi connectivity index (χ2n) is 7.57. The predicted molar refractivity (Wildman–Crippen MR) is 108 cm³/mol. The zero-order valence-electron chi connectivity index (χ0n) is 17.0. The zero-order valence-corrected chi connectivity index (χ0v) is 17.9. The second kappa shape index (κ2) is 9.48. The van der Waals surface area contributed by atoms with E-state index in [2.05, 4.69) is 33.0 Å². The van der Waals surface area contributed by atoms with Crippen molar-refractivity contribution in [1.29, 1.82) is 0 Å². The van der Waals surface area contributed by atoms with Crippen molar-refractivity contribution < 1.29 is 13.2 Å². The number of rotatable bonds is 9.